The van der Waals surface area contributed by atoms with Gasteiger partial charge in [-0.1, -0.05) is 18.2 Å². The average molecular weight is 304 g/mol. The Kier molecular flexibility index (Phi) is 3.86. The molecule has 0 saturated carbocycles. The Labute approximate surface area is 135 Å². The van der Waals surface area contributed by atoms with Crippen LogP contribution in [0, 0.1) is 11.3 Å². The monoisotopic (exact) mass is 304 g/mol. The van der Waals surface area contributed by atoms with Gasteiger partial charge in [-0.3, -0.25) is 9.69 Å². The predicted octanol–water partition coefficient (Wildman–Crippen LogP) is 3.65. The lowest BCUT2D eigenvalue weighted by Gasteiger charge is -2.32. The smallest absolute Gasteiger partial charge is 0.259 e. The first-order chi connectivity index (χ1) is 11.2. The number of fused-ring (bicyclic) bond motifs is 1. The number of anilines is 1. The summed E-state index contributed by atoms with van der Waals surface area (Å²) in [6, 6.07) is 16.1. The van der Waals surface area contributed by atoms with E-state index < -0.39 is 6.04 Å². The highest BCUT2D eigenvalue weighted by Crippen LogP contribution is 2.37. The van der Waals surface area contributed by atoms with Crippen molar-refractivity contribution in [1.29, 1.82) is 5.26 Å². The lowest BCUT2D eigenvalue weighted by molar-refractivity contribution is 0.0985. The van der Waals surface area contributed by atoms with Crippen LogP contribution < -0.4 is 9.64 Å². The van der Waals surface area contributed by atoms with Gasteiger partial charge in [0.05, 0.1) is 18.9 Å². The molecule has 1 aliphatic rings. The molecule has 0 radical (unpaired) electrons. The molecule has 3 rings (SSSR count). The van der Waals surface area contributed by atoms with Gasteiger partial charge in [0.25, 0.3) is 5.91 Å². The molecule has 1 atom stereocenters. The summed E-state index contributed by atoms with van der Waals surface area (Å²) in [6.45, 7) is 1.94. The van der Waals surface area contributed by atoms with E-state index in [9.17, 15) is 10.1 Å². The number of ether oxygens (including phenoxy) is 1. The van der Waals surface area contributed by atoms with Gasteiger partial charge in [-0.05, 0) is 48.9 Å². The second kappa shape index (κ2) is 5.98. The standard InChI is InChI=1S/C19H16N2O2/c1-13-10-15(12-20)21(19(22)14-6-4-3-5-7-14)18-9-8-16(23-2)11-17(13)18/h3-11,15H,1-2H3. The number of rotatable bonds is 2. The number of benzene rings is 2. The quantitative estimate of drug-likeness (QED) is 0.851. The minimum absolute atomic E-state index is 0.188. The summed E-state index contributed by atoms with van der Waals surface area (Å²) in [6.07, 6.45) is 1.81. The van der Waals surface area contributed by atoms with Gasteiger partial charge in [0.2, 0.25) is 0 Å². The number of nitrogens with zero attached hydrogens (tertiary/aromatic N) is 2. The van der Waals surface area contributed by atoms with Crippen LogP contribution in [0.25, 0.3) is 5.57 Å². The van der Waals surface area contributed by atoms with Gasteiger partial charge in [-0.25, -0.2) is 0 Å². The number of allylic oxidation sites excluding steroid dienone is 1. The zero-order valence-electron chi connectivity index (χ0n) is 13.0. The second-order valence-corrected chi connectivity index (χ2v) is 5.35. The summed E-state index contributed by atoms with van der Waals surface area (Å²) in [5, 5.41) is 9.49. The number of nitriles is 1. The molecule has 1 heterocycles. The SMILES string of the molecule is COc1ccc2c(c1)C(C)=CC(C#N)N2C(=O)c1ccccc1. The first kappa shape index (κ1) is 14.9. The number of carbonyl (C=O) groups is 1. The Morgan fingerprint density at radius 2 is 1.96 bits per heavy atom. The van der Waals surface area contributed by atoms with Gasteiger partial charge >= 0.3 is 0 Å². The number of hydrogen-bond donors (Lipinski definition) is 0. The van der Waals surface area contributed by atoms with Gasteiger partial charge in [0, 0.05) is 11.1 Å². The predicted molar refractivity (Wildman–Crippen MR) is 89.3 cm³/mol. The van der Waals surface area contributed by atoms with Gasteiger partial charge < -0.3 is 4.74 Å². The first-order valence-electron chi connectivity index (χ1n) is 7.30. The molecular formula is C19H16N2O2. The highest BCUT2D eigenvalue weighted by molar-refractivity contribution is 6.09. The van der Waals surface area contributed by atoms with Crippen molar-refractivity contribution in [3.63, 3.8) is 0 Å². The Morgan fingerprint density at radius 3 is 2.61 bits per heavy atom. The van der Waals surface area contributed by atoms with E-state index in [1.165, 1.54) is 4.90 Å². The molecule has 114 valence electrons. The van der Waals surface area contributed by atoms with Gasteiger partial charge in [0.1, 0.15) is 11.8 Å². The maximum Gasteiger partial charge on any atom is 0.259 e. The van der Waals surface area contributed by atoms with Crippen molar-refractivity contribution in [2.24, 2.45) is 0 Å². The molecule has 1 unspecified atom stereocenters. The normalized spacial score (nSPS) is 16.1. The topological polar surface area (TPSA) is 53.3 Å². The molecule has 0 aromatic heterocycles. The molecule has 4 heteroatoms. The summed E-state index contributed by atoms with van der Waals surface area (Å²) in [5.74, 6) is 0.534. The van der Waals surface area contributed by atoms with Crippen LogP contribution in [0.3, 0.4) is 0 Å². The zero-order valence-corrected chi connectivity index (χ0v) is 13.0. The van der Waals surface area contributed by atoms with E-state index in [1.807, 2.05) is 43.3 Å². The molecule has 2 aromatic rings. The molecule has 0 fully saturated rings. The summed E-state index contributed by atoms with van der Waals surface area (Å²) in [7, 11) is 1.61. The molecule has 0 bridgehead atoms. The Balaban J connectivity index is 2.13. The maximum absolute atomic E-state index is 12.9. The molecule has 0 saturated heterocycles. The maximum atomic E-state index is 12.9. The summed E-state index contributed by atoms with van der Waals surface area (Å²) < 4.78 is 5.27. The number of amides is 1. The summed E-state index contributed by atoms with van der Waals surface area (Å²) >= 11 is 0. The Hall–Kier alpha value is -3.06. The number of carbonyl (C=O) groups excluding carboxylic acids is 1. The van der Waals surface area contributed by atoms with Crippen molar-refractivity contribution < 1.29 is 9.53 Å². The molecule has 1 amide bonds. The molecule has 1 aliphatic heterocycles. The average Bonchev–Trinajstić information content (AvgIpc) is 2.61. The third-order valence-corrected chi connectivity index (χ3v) is 3.95. The minimum Gasteiger partial charge on any atom is -0.497 e. The lowest BCUT2D eigenvalue weighted by Crippen LogP contribution is -2.41. The van der Waals surface area contributed by atoms with Crippen molar-refractivity contribution in [2.75, 3.05) is 12.0 Å². The van der Waals surface area contributed by atoms with Gasteiger partial charge in [-0.15, -0.1) is 0 Å². The largest absolute Gasteiger partial charge is 0.497 e. The van der Waals surface area contributed by atoms with Gasteiger partial charge in [-0.2, -0.15) is 5.26 Å². The van der Waals surface area contributed by atoms with E-state index in [0.717, 1.165) is 22.6 Å². The van der Waals surface area contributed by atoms with Crippen molar-refractivity contribution in [1.82, 2.24) is 0 Å². The lowest BCUT2D eigenvalue weighted by atomic mass is 9.95. The Bertz CT molecular complexity index is 819. The molecule has 4 nitrogen and oxygen atoms in total. The summed E-state index contributed by atoms with van der Waals surface area (Å²) in [5.41, 5.74) is 3.15. The highest BCUT2D eigenvalue weighted by Gasteiger charge is 2.30. The van der Waals surface area contributed by atoms with Gasteiger partial charge in [0.15, 0.2) is 0 Å². The van der Waals surface area contributed by atoms with Crippen LogP contribution in [0.5, 0.6) is 5.75 Å². The fourth-order valence-electron chi connectivity index (χ4n) is 2.77. The van der Waals surface area contributed by atoms with Crippen LogP contribution in [0.15, 0.2) is 54.6 Å². The fraction of sp³-hybridized carbons (Fsp3) is 0.158. The van der Waals surface area contributed by atoms with Crippen molar-refractivity contribution in [2.45, 2.75) is 13.0 Å². The molecule has 0 N–H and O–H groups in total. The number of methoxy groups -OCH3 is 1. The van der Waals surface area contributed by atoms with Crippen LogP contribution in [0.4, 0.5) is 5.69 Å². The van der Waals surface area contributed by atoms with Crippen molar-refractivity contribution in [3.8, 4) is 11.8 Å². The zero-order chi connectivity index (χ0) is 16.4. The van der Waals surface area contributed by atoms with Crippen LogP contribution in [-0.2, 0) is 0 Å². The highest BCUT2D eigenvalue weighted by atomic mass is 16.5. The first-order valence-corrected chi connectivity index (χ1v) is 7.30. The molecule has 0 aliphatic carbocycles. The Morgan fingerprint density at radius 1 is 1.22 bits per heavy atom. The molecule has 0 spiro atoms. The second-order valence-electron chi connectivity index (χ2n) is 5.35. The van der Waals surface area contributed by atoms with Crippen LogP contribution in [-0.4, -0.2) is 19.1 Å². The molecular weight excluding hydrogens is 288 g/mol. The van der Waals surface area contributed by atoms with Crippen LogP contribution >= 0.6 is 0 Å². The van der Waals surface area contributed by atoms with E-state index in [4.69, 9.17) is 4.74 Å². The van der Waals surface area contributed by atoms with E-state index in [2.05, 4.69) is 6.07 Å². The molecule has 2 aromatic carbocycles. The van der Waals surface area contributed by atoms with E-state index in [-0.39, 0.29) is 5.91 Å². The van der Waals surface area contributed by atoms with E-state index in [0.29, 0.717) is 5.56 Å². The van der Waals surface area contributed by atoms with Crippen molar-refractivity contribution >= 4 is 17.2 Å². The van der Waals surface area contributed by atoms with Crippen LogP contribution in [0.1, 0.15) is 22.8 Å². The van der Waals surface area contributed by atoms with E-state index in [1.54, 1.807) is 25.3 Å². The van der Waals surface area contributed by atoms with E-state index >= 15 is 0 Å². The number of hydrogen-bond acceptors (Lipinski definition) is 3. The third kappa shape index (κ3) is 2.58. The fourth-order valence-corrected chi connectivity index (χ4v) is 2.77. The van der Waals surface area contributed by atoms with Crippen molar-refractivity contribution in [3.05, 3.63) is 65.7 Å². The molecule has 23 heavy (non-hydrogen) atoms. The third-order valence-electron chi connectivity index (χ3n) is 3.95. The van der Waals surface area contributed by atoms with Crippen LogP contribution in [0.2, 0.25) is 0 Å². The minimum atomic E-state index is -0.622. The summed E-state index contributed by atoms with van der Waals surface area (Å²) in [4.78, 5) is 14.4.